The molecule has 3 rings (SSSR count). The summed E-state index contributed by atoms with van der Waals surface area (Å²) in [7, 11) is 0. The molecule has 0 saturated carbocycles. The number of benzene rings is 1. The molecule has 7 heteroatoms. The van der Waals surface area contributed by atoms with Gasteiger partial charge in [0.25, 0.3) is 0 Å². The van der Waals surface area contributed by atoms with Gasteiger partial charge in [-0.1, -0.05) is 12.1 Å². The third-order valence-corrected chi connectivity index (χ3v) is 3.97. The molecule has 1 atom stereocenters. The molecule has 6 nitrogen and oxygen atoms in total. The second kappa shape index (κ2) is 7.21. The van der Waals surface area contributed by atoms with E-state index in [2.05, 4.69) is 10.1 Å². The zero-order chi connectivity index (χ0) is 16.1. The maximum Gasteiger partial charge on any atom is 0.226 e. The summed E-state index contributed by atoms with van der Waals surface area (Å²) in [5, 5.41) is 4.15. The maximum atomic E-state index is 13.4. The second-order valence-electron chi connectivity index (χ2n) is 5.54. The van der Waals surface area contributed by atoms with Crippen molar-refractivity contribution in [3.63, 3.8) is 0 Å². The Balaban J connectivity index is 1.49. The molecule has 2 heterocycles. The van der Waals surface area contributed by atoms with Crippen molar-refractivity contribution in [3.8, 4) is 5.75 Å². The number of halogens is 1. The van der Waals surface area contributed by atoms with Crippen molar-refractivity contribution >= 4 is 5.91 Å². The van der Waals surface area contributed by atoms with E-state index in [9.17, 15) is 9.18 Å². The highest BCUT2D eigenvalue weighted by Gasteiger charge is 2.25. The molecular weight excluding hydrogens is 299 g/mol. The van der Waals surface area contributed by atoms with Crippen molar-refractivity contribution < 1.29 is 13.9 Å². The van der Waals surface area contributed by atoms with Crippen LogP contribution in [-0.4, -0.2) is 45.3 Å². The number of piperidine rings is 1. The first-order valence-corrected chi connectivity index (χ1v) is 7.73. The molecule has 1 aliphatic rings. The van der Waals surface area contributed by atoms with Crippen molar-refractivity contribution in [2.75, 3.05) is 19.7 Å². The number of hydrogen-bond donors (Lipinski definition) is 0. The van der Waals surface area contributed by atoms with Crippen LogP contribution in [0.25, 0.3) is 0 Å². The van der Waals surface area contributed by atoms with Crippen LogP contribution >= 0.6 is 0 Å². The van der Waals surface area contributed by atoms with Gasteiger partial charge < -0.3 is 9.64 Å². The van der Waals surface area contributed by atoms with E-state index in [0.29, 0.717) is 6.54 Å². The van der Waals surface area contributed by atoms with Crippen LogP contribution in [0.4, 0.5) is 4.39 Å². The Morgan fingerprint density at radius 1 is 1.39 bits per heavy atom. The van der Waals surface area contributed by atoms with Crippen molar-refractivity contribution in [1.82, 2.24) is 19.7 Å². The van der Waals surface area contributed by atoms with Crippen LogP contribution < -0.4 is 4.74 Å². The van der Waals surface area contributed by atoms with E-state index in [0.717, 1.165) is 19.4 Å². The highest BCUT2D eigenvalue weighted by molar-refractivity contribution is 5.76. The average Bonchev–Trinajstić information content (AvgIpc) is 3.11. The number of likely N-dealkylation sites (tertiary alicyclic amines) is 1. The van der Waals surface area contributed by atoms with E-state index in [1.807, 2.05) is 4.90 Å². The first-order chi connectivity index (χ1) is 11.2. The third-order valence-electron chi connectivity index (χ3n) is 3.97. The number of hydrogen-bond acceptors (Lipinski definition) is 4. The Labute approximate surface area is 133 Å². The van der Waals surface area contributed by atoms with E-state index in [1.54, 1.807) is 29.2 Å². The number of nitrogens with zero attached hydrogens (tertiary/aromatic N) is 4. The maximum absolute atomic E-state index is 13.4. The molecule has 122 valence electrons. The first kappa shape index (κ1) is 15.5. The zero-order valence-corrected chi connectivity index (χ0v) is 12.8. The van der Waals surface area contributed by atoms with E-state index < -0.39 is 5.82 Å². The largest absolute Gasteiger partial charge is 0.490 e. The van der Waals surface area contributed by atoms with Gasteiger partial charge in [0.1, 0.15) is 12.7 Å². The fourth-order valence-corrected chi connectivity index (χ4v) is 2.77. The average molecular weight is 318 g/mol. The van der Waals surface area contributed by atoms with Gasteiger partial charge in [0.15, 0.2) is 11.6 Å². The lowest BCUT2D eigenvalue weighted by Crippen LogP contribution is -2.41. The summed E-state index contributed by atoms with van der Waals surface area (Å²) in [5.74, 6) is -0.213. The predicted molar refractivity (Wildman–Crippen MR) is 81.4 cm³/mol. The Hall–Kier alpha value is -2.44. The SMILES string of the molecule is O=C(CCOc1ccccc1F)N1CCC[C@@H](n2cncn2)C1. The summed E-state index contributed by atoms with van der Waals surface area (Å²) in [5.41, 5.74) is 0. The van der Waals surface area contributed by atoms with Gasteiger partial charge in [-0.25, -0.2) is 14.1 Å². The van der Waals surface area contributed by atoms with Crippen molar-refractivity contribution in [1.29, 1.82) is 0 Å². The Morgan fingerprint density at radius 2 is 2.26 bits per heavy atom. The van der Waals surface area contributed by atoms with E-state index in [-0.39, 0.29) is 30.7 Å². The molecule has 0 unspecified atom stereocenters. The van der Waals surface area contributed by atoms with Gasteiger partial charge in [0.05, 0.1) is 19.1 Å². The Kier molecular flexibility index (Phi) is 4.85. The van der Waals surface area contributed by atoms with Crippen LogP contribution in [0, 0.1) is 5.82 Å². The van der Waals surface area contributed by atoms with Crippen LogP contribution in [0.1, 0.15) is 25.3 Å². The summed E-state index contributed by atoms with van der Waals surface area (Å²) in [6.45, 7) is 1.54. The van der Waals surface area contributed by atoms with Gasteiger partial charge >= 0.3 is 0 Å². The minimum atomic E-state index is -0.413. The van der Waals surface area contributed by atoms with Gasteiger partial charge in [0, 0.05) is 13.1 Å². The standard InChI is InChI=1S/C16H19FN4O2/c17-14-5-1-2-6-15(14)23-9-7-16(22)20-8-3-4-13(10-20)21-12-18-11-19-21/h1-2,5-6,11-13H,3-4,7-10H2/t13-/m1/s1. The summed E-state index contributed by atoms with van der Waals surface area (Å²) in [4.78, 5) is 18.1. The number of aromatic nitrogens is 3. The molecule has 1 saturated heterocycles. The fraction of sp³-hybridized carbons (Fsp3) is 0.438. The zero-order valence-electron chi connectivity index (χ0n) is 12.8. The number of ether oxygens (including phenoxy) is 1. The summed E-state index contributed by atoms with van der Waals surface area (Å²) in [6, 6.07) is 6.37. The lowest BCUT2D eigenvalue weighted by atomic mass is 10.1. The topological polar surface area (TPSA) is 60.2 Å². The molecule has 1 fully saturated rings. The second-order valence-corrected chi connectivity index (χ2v) is 5.54. The first-order valence-electron chi connectivity index (χ1n) is 7.73. The summed E-state index contributed by atoms with van der Waals surface area (Å²) < 4.78 is 20.6. The van der Waals surface area contributed by atoms with E-state index >= 15 is 0 Å². The number of rotatable bonds is 5. The molecule has 0 spiro atoms. The van der Waals surface area contributed by atoms with Crippen molar-refractivity contribution in [3.05, 3.63) is 42.7 Å². The van der Waals surface area contributed by atoms with Crippen LogP contribution in [0.5, 0.6) is 5.75 Å². The monoisotopic (exact) mass is 318 g/mol. The molecular formula is C16H19FN4O2. The van der Waals surface area contributed by atoms with Gasteiger partial charge in [-0.15, -0.1) is 0 Å². The molecule has 1 aromatic carbocycles. The van der Waals surface area contributed by atoms with E-state index in [1.165, 1.54) is 12.4 Å². The quantitative estimate of drug-likeness (QED) is 0.846. The van der Waals surface area contributed by atoms with Gasteiger partial charge in [-0.2, -0.15) is 5.10 Å². The van der Waals surface area contributed by atoms with Crippen LogP contribution in [0.15, 0.2) is 36.9 Å². The number of carbonyl (C=O) groups excluding carboxylic acids is 1. The molecule has 0 bridgehead atoms. The normalized spacial score (nSPS) is 18.0. The molecule has 1 amide bonds. The molecule has 0 radical (unpaired) electrons. The molecule has 0 aliphatic carbocycles. The molecule has 0 N–H and O–H groups in total. The molecule has 2 aromatic rings. The van der Waals surface area contributed by atoms with Crippen molar-refractivity contribution in [2.24, 2.45) is 0 Å². The molecule has 1 aliphatic heterocycles. The van der Waals surface area contributed by atoms with Gasteiger partial charge in [-0.3, -0.25) is 4.79 Å². The minimum Gasteiger partial charge on any atom is -0.490 e. The summed E-state index contributed by atoms with van der Waals surface area (Å²) >= 11 is 0. The van der Waals surface area contributed by atoms with E-state index in [4.69, 9.17) is 4.74 Å². The van der Waals surface area contributed by atoms with Crippen LogP contribution in [0.2, 0.25) is 0 Å². The van der Waals surface area contributed by atoms with Gasteiger partial charge in [-0.05, 0) is 25.0 Å². The molecule has 23 heavy (non-hydrogen) atoms. The smallest absolute Gasteiger partial charge is 0.226 e. The Morgan fingerprint density at radius 3 is 3.04 bits per heavy atom. The lowest BCUT2D eigenvalue weighted by Gasteiger charge is -2.32. The highest BCUT2D eigenvalue weighted by atomic mass is 19.1. The van der Waals surface area contributed by atoms with Crippen molar-refractivity contribution in [2.45, 2.75) is 25.3 Å². The Bertz CT molecular complexity index is 647. The minimum absolute atomic E-state index is 0.0196. The van der Waals surface area contributed by atoms with Crippen LogP contribution in [0.3, 0.4) is 0 Å². The number of para-hydroxylation sites is 1. The number of carbonyl (C=O) groups is 1. The predicted octanol–water partition coefficient (Wildman–Crippen LogP) is 2.05. The summed E-state index contributed by atoms with van der Waals surface area (Å²) in [6.07, 6.45) is 5.34. The highest BCUT2D eigenvalue weighted by Crippen LogP contribution is 2.21. The molecule has 1 aromatic heterocycles. The third kappa shape index (κ3) is 3.85. The lowest BCUT2D eigenvalue weighted by molar-refractivity contribution is -0.133. The number of amides is 1. The van der Waals surface area contributed by atoms with Gasteiger partial charge in [0.2, 0.25) is 5.91 Å². The fourth-order valence-electron chi connectivity index (χ4n) is 2.77. The van der Waals surface area contributed by atoms with Crippen LogP contribution in [-0.2, 0) is 4.79 Å².